The van der Waals surface area contributed by atoms with Crippen molar-refractivity contribution >= 4 is 27.8 Å². The molecule has 0 saturated heterocycles. The molecule has 1 aliphatic carbocycles. The van der Waals surface area contributed by atoms with E-state index in [1.807, 2.05) is 18.3 Å². The van der Waals surface area contributed by atoms with Crippen LogP contribution in [0.4, 0.5) is 0 Å². The molecule has 9 rings (SSSR count). The van der Waals surface area contributed by atoms with Crippen LogP contribution < -0.4 is 4.74 Å². The third-order valence-corrected chi connectivity index (χ3v) is 10.1. The fourth-order valence-corrected chi connectivity index (χ4v) is 7.80. The fourth-order valence-electron chi connectivity index (χ4n) is 7.80. The molecule has 0 saturated carbocycles. The van der Waals surface area contributed by atoms with E-state index in [0.29, 0.717) is 17.4 Å². The van der Waals surface area contributed by atoms with Gasteiger partial charge in [-0.2, -0.15) is 6.07 Å². The first-order valence-electron chi connectivity index (χ1n) is 15.8. The number of aryl methyl sites for hydroxylation is 3. The Morgan fingerprint density at radius 2 is 1.74 bits per heavy atom. The van der Waals surface area contributed by atoms with Gasteiger partial charge in [0.2, 0.25) is 0 Å². The van der Waals surface area contributed by atoms with Crippen LogP contribution in [0.15, 0.2) is 77.9 Å². The van der Waals surface area contributed by atoms with Crippen LogP contribution in [0.5, 0.6) is 11.5 Å². The first kappa shape index (κ1) is 29.2. The molecule has 2 atom stereocenters. The van der Waals surface area contributed by atoms with Gasteiger partial charge in [0.15, 0.2) is 0 Å². The first-order chi connectivity index (χ1) is 21.8. The Morgan fingerprint density at radius 1 is 0.913 bits per heavy atom. The van der Waals surface area contributed by atoms with Crippen molar-refractivity contribution < 1.29 is 30.5 Å². The number of aromatic nitrogens is 2. The monoisotopic (exact) mass is 782 g/mol. The van der Waals surface area contributed by atoms with Gasteiger partial charge in [0.1, 0.15) is 23.7 Å². The molecule has 4 heterocycles. The number of pyridine rings is 1. The Kier molecular flexibility index (Phi) is 6.60. The summed E-state index contributed by atoms with van der Waals surface area (Å²) < 4.78 is 15.4. The molecule has 6 aromatic rings. The number of ether oxygens (including phenoxy) is 2. The Bertz CT molecular complexity index is 2260. The molecule has 2 aliphatic heterocycles. The minimum absolute atomic E-state index is 0. The summed E-state index contributed by atoms with van der Waals surface area (Å²) in [7, 11) is 0. The molecule has 230 valence electrons. The van der Waals surface area contributed by atoms with Crippen LogP contribution >= 0.6 is 0 Å². The summed E-state index contributed by atoms with van der Waals surface area (Å²) in [6.45, 7) is 10.9. The van der Waals surface area contributed by atoms with Gasteiger partial charge < -0.3 is 14.0 Å². The minimum Gasteiger partial charge on any atom is -0.514 e. The molecule has 0 fully saturated rings. The molecule has 0 bridgehead atoms. The van der Waals surface area contributed by atoms with Crippen molar-refractivity contribution in [3.8, 4) is 17.2 Å². The maximum Gasteiger partial charge on any atom is 2.00 e. The molecule has 46 heavy (non-hydrogen) atoms. The van der Waals surface area contributed by atoms with Crippen LogP contribution in [0.25, 0.3) is 27.6 Å². The smallest absolute Gasteiger partial charge is 0.514 e. The maximum atomic E-state index is 6.63. The fraction of sp³-hybridized carbons (Fsp3) is 0.250. The molecule has 4 aromatic carbocycles. The van der Waals surface area contributed by atoms with Crippen molar-refractivity contribution in [3.63, 3.8) is 0 Å². The molecular formula is C40H33N3O2Pt. The molecule has 0 radical (unpaired) electrons. The van der Waals surface area contributed by atoms with Crippen LogP contribution in [-0.2, 0) is 37.6 Å². The second-order valence-corrected chi connectivity index (χ2v) is 13.3. The van der Waals surface area contributed by atoms with E-state index in [-0.39, 0.29) is 38.6 Å². The van der Waals surface area contributed by atoms with Gasteiger partial charge in [-0.05, 0) is 59.6 Å². The van der Waals surface area contributed by atoms with Crippen molar-refractivity contribution in [3.05, 3.63) is 130 Å². The summed E-state index contributed by atoms with van der Waals surface area (Å²) >= 11 is 0. The zero-order valence-electron chi connectivity index (χ0n) is 26.5. The standard InChI is InChI=1S/C40H33N3O2.Pt/c1-22-17-25(39-42-36-28-10-6-9-23(2)27(28)14-15-34(36)45-39)20-26(18-22)44-35-21-33-32(19-24(35)3)40(4,5)31-13-7-11-29-30-12-8-16-41-38(30)43(33)37(29)31;/h6-13,16-19,34,36H,14-15H2,1-5H3;/q-2;+2/t34-,36+;/m0./s1. The number of hydrogen-bond donors (Lipinski definition) is 0. The first-order valence-corrected chi connectivity index (χ1v) is 15.8. The number of para-hydroxylation sites is 1. The summed E-state index contributed by atoms with van der Waals surface area (Å²) in [5.41, 5.74) is 12.3. The molecule has 2 aromatic heterocycles. The molecule has 3 aliphatic rings. The van der Waals surface area contributed by atoms with E-state index in [1.165, 1.54) is 38.7 Å². The average Bonchev–Trinajstić information content (AvgIpc) is 3.61. The number of nitrogens with zero attached hydrogens (tertiary/aromatic N) is 3. The van der Waals surface area contributed by atoms with Crippen molar-refractivity contribution in [2.45, 2.75) is 65.0 Å². The normalized spacial score (nSPS) is 18.7. The van der Waals surface area contributed by atoms with E-state index >= 15 is 0 Å². The average molecular weight is 783 g/mol. The third-order valence-electron chi connectivity index (χ3n) is 10.1. The van der Waals surface area contributed by atoms with Crippen LogP contribution in [0.1, 0.15) is 70.8 Å². The zero-order chi connectivity index (χ0) is 30.6. The van der Waals surface area contributed by atoms with Crippen molar-refractivity contribution in [1.29, 1.82) is 0 Å². The van der Waals surface area contributed by atoms with Gasteiger partial charge >= 0.3 is 21.1 Å². The quantitative estimate of drug-likeness (QED) is 0.169. The van der Waals surface area contributed by atoms with Crippen LogP contribution in [-0.4, -0.2) is 21.6 Å². The van der Waals surface area contributed by atoms with E-state index < -0.39 is 0 Å². The van der Waals surface area contributed by atoms with Gasteiger partial charge in [-0.25, -0.2) is 4.98 Å². The molecule has 0 amide bonds. The summed E-state index contributed by atoms with van der Waals surface area (Å²) in [5.74, 6) is 1.94. The van der Waals surface area contributed by atoms with Crippen molar-refractivity contribution in [2.75, 3.05) is 0 Å². The molecule has 0 spiro atoms. The van der Waals surface area contributed by atoms with Crippen LogP contribution in [0, 0.1) is 32.9 Å². The van der Waals surface area contributed by atoms with E-state index in [9.17, 15) is 0 Å². The van der Waals surface area contributed by atoms with Gasteiger partial charge in [0.25, 0.3) is 0 Å². The van der Waals surface area contributed by atoms with E-state index in [1.54, 1.807) is 0 Å². The van der Waals surface area contributed by atoms with Gasteiger partial charge in [-0.3, -0.25) is 4.99 Å². The maximum absolute atomic E-state index is 6.63. The van der Waals surface area contributed by atoms with Crippen LogP contribution in [0.2, 0.25) is 0 Å². The number of rotatable bonds is 3. The minimum atomic E-state index is -0.215. The zero-order valence-corrected chi connectivity index (χ0v) is 28.7. The molecule has 5 nitrogen and oxygen atoms in total. The predicted octanol–water partition coefficient (Wildman–Crippen LogP) is 8.97. The summed E-state index contributed by atoms with van der Waals surface area (Å²) in [5, 5.41) is 2.35. The number of fused-ring (bicyclic) bond motifs is 8. The molecule has 6 heteroatoms. The Morgan fingerprint density at radius 3 is 2.61 bits per heavy atom. The van der Waals surface area contributed by atoms with Crippen LogP contribution in [0.3, 0.4) is 0 Å². The summed E-state index contributed by atoms with van der Waals surface area (Å²) in [6.07, 6.45) is 3.90. The molecular weight excluding hydrogens is 750 g/mol. The van der Waals surface area contributed by atoms with E-state index in [4.69, 9.17) is 19.5 Å². The Balaban J connectivity index is 0.00000312. The van der Waals surface area contributed by atoms with Gasteiger partial charge in [0, 0.05) is 28.5 Å². The Hall–Kier alpha value is -4.21. The SMILES string of the molecule is Cc1cc(Oc2[c-]c3c(cc2C)C(C)(C)c2cccc4c5cccnc5n-3c24)[c-]c(C2=N[C@@H]3c4cccc(C)c4CC[C@@H]3O2)c1.[Pt+2]. The molecule has 0 N–H and O–H groups in total. The van der Waals surface area contributed by atoms with Gasteiger partial charge in [0.05, 0.1) is 5.52 Å². The van der Waals surface area contributed by atoms with Crippen molar-refractivity contribution in [1.82, 2.24) is 9.55 Å². The van der Waals surface area contributed by atoms with Gasteiger partial charge in [-0.1, -0.05) is 87.5 Å². The van der Waals surface area contributed by atoms with Gasteiger partial charge in [-0.15, -0.1) is 28.8 Å². The van der Waals surface area contributed by atoms with Crippen molar-refractivity contribution in [2.24, 2.45) is 4.99 Å². The van der Waals surface area contributed by atoms with E-state index in [0.717, 1.165) is 46.3 Å². The Labute approximate surface area is 283 Å². The largest absolute Gasteiger partial charge is 2.00 e. The number of benzene rings is 4. The summed E-state index contributed by atoms with van der Waals surface area (Å²) in [6, 6.07) is 30.8. The van der Waals surface area contributed by atoms with E-state index in [2.05, 4.69) is 106 Å². The second kappa shape index (κ2) is 10.4. The second-order valence-electron chi connectivity index (χ2n) is 13.3. The summed E-state index contributed by atoms with van der Waals surface area (Å²) in [4.78, 5) is 9.93. The topological polar surface area (TPSA) is 48.6 Å². The third kappa shape index (κ3) is 4.17. The molecule has 0 unspecified atom stereocenters. The number of hydrogen-bond acceptors (Lipinski definition) is 4. The predicted molar refractivity (Wildman–Crippen MR) is 178 cm³/mol. The number of aliphatic imine (C=N–C) groups is 1.